The Morgan fingerprint density at radius 3 is 2.48 bits per heavy atom. The summed E-state index contributed by atoms with van der Waals surface area (Å²) in [5, 5.41) is 1.36. The molecular formula is C17H28N2O2. The molecule has 1 aromatic carbocycles. The maximum absolute atomic E-state index is 8.95. The molecule has 1 heterocycles. The lowest BCUT2D eigenvalue weighted by atomic mass is 10.1. The van der Waals surface area contributed by atoms with Crippen LogP contribution in [0.5, 0.6) is 0 Å². The van der Waals surface area contributed by atoms with Gasteiger partial charge in [0.05, 0.1) is 7.11 Å². The Morgan fingerprint density at radius 1 is 1.29 bits per heavy atom. The molecule has 1 N–H and O–H groups in total. The molecule has 118 valence electrons. The summed E-state index contributed by atoms with van der Waals surface area (Å²) in [6.07, 6.45) is 3.25. The number of likely N-dealkylation sites (N-methyl/N-ethyl adjacent to an activating group) is 1. The number of benzene rings is 1. The van der Waals surface area contributed by atoms with Crippen LogP contribution < -0.4 is 0 Å². The topological polar surface area (TPSA) is 45.3 Å². The number of rotatable bonds is 5. The van der Waals surface area contributed by atoms with Crippen molar-refractivity contribution in [2.75, 3.05) is 27.2 Å². The van der Waals surface area contributed by atoms with Gasteiger partial charge in [0.1, 0.15) is 0 Å². The highest BCUT2D eigenvalue weighted by molar-refractivity contribution is 5.83. The average molecular weight is 292 g/mol. The summed E-state index contributed by atoms with van der Waals surface area (Å²) in [6.45, 7) is 8.80. The van der Waals surface area contributed by atoms with Crippen molar-refractivity contribution in [3.63, 3.8) is 0 Å². The van der Waals surface area contributed by atoms with Crippen LogP contribution in [0.1, 0.15) is 26.3 Å². The van der Waals surface area contributed by atoms with Gasteiger partial charge in [0.15, 0.2) is 0 Å². The van der Waals surface area contributed by atoms with Crippen LogP contribution in [0, 0.1) is 0 Å². The molecule has 1 aromatic heterocycles. The second-order valence-electron chi connectivity index (χ2n) is 4.34. The van der Waals surface area contributed by atoms with Crippen molar-refractivity contribution in [3.05, 3.63) is 36.0 Å². The number of methoxy groups -OCH3 is 1. The van der Waals surface area contributed by atoms with Crippen molar-refractivity contribution < 1.29 is 9.53 Å². The van der Waals surface area contributed by atoms with E-state index in [4.69, 9.17) is 4.79 Å². The van der Waals surface area contributed by atoms with E-state index in [1.54, 1.807) is 0 Å². The van der Waals surface area contributed by atoms with Gasteiger partial charge in [-0.2, -0.15) is 0 Å². The first-order valence-corrected chi connectivity index (χ1v) is 7.42. The summed E-state index contributed by atoms with van der Waals surface area (Å²) in [4.78, 5) is 14.6. The van der Waals surface area contributed by atoms with Crippen LogP contribution in [-0.4, -0.2) is 43.6 Å². The Morgan fingerprint density at radius 2 is 1.90 bits per heavy atom. The average Bonchev–Trinajstić information content (AvgIpc) is 2.98. The Labute approximate surface area is 128 Å². The molecule has 0 amide bonds. The zero-order valence-corrected chi connectivity index (χ0v) is 13.8. The lowest BCUT2D eigenvalue weighted by Crippen LogP contribution is -2.20. The molecule has 0 fully saturated rings. The molecule has 0 aliphatic rings. The number of fused-ring (bicyclic) bond motifs is 1. The maximum Gasteiger partial charge on any atom is 0.292 e. The monoisotopic (exact) mass is 292 g/mol. The molecule has 0 saturated carbocycles. The summed E-state index contributed by atoms with van der Waals surface area (Å²) in [7, 11) is 3.47. The number of aromatic amines is 1. The fourth-order valence-corrected chi connectivity index (χ4v) is 1.81. The minimum absolute atomic E-state index is 0.375. The molecule has 0 aliphatic carbocycles. The fraction of sp³-hybridized carbons (Fsp3) is 0.471. The van der Waals surface area contributed by atoms with E-state index in [2.05, 4.69) is 59.1 Å². The Bertz CT molecular complexity index is 494. The number of carbonyl (C=O) groups excluding carboxylic acids is 1. The molecule has 0 bridgehead atoms. The maximum atomic E-state index is 8.95. The van der Waals surface area contributed by atoms with E-state index < -0.39 is 0 Å². The van der Waals surface area contributed by atoms with E-state index in [1.807, 2.05) is 13.8 Å². The Balaban J connectivity index is 0.000000579. The number of ether oxygens (including phenoxy) is 1. The van der Waals surface area contributed by atoms with E-state index in [9.17, 15) is 0 Å². The minimum Gasteiger partial charge on any atom is -0.471 e. The highest BCUT2D eigenvalue weighted by atomic mass is 16.5. The van der Waals surface area contributed by atoms with Crippen molar-refractivity contribution in [1.82, 2.24) is 9.88 Å². The van der Waals surface area contributed by atoms with Crippen molar-refractivity contribution in [1.29, 1.82) is 0 Å². The number of nitrogens with zero attached hydrogens (tertiary/aromatic N) is 1. The molecule has 0 radical (unpaired) electrons. The number of aromatic nitrogens is 1. The zero-order chi connectivity index (χ0) is 16.1. The van der Waals surface area contributed by atoms with Gasteiger partial charge in [-0.25, -0.2) is 0 Å². The molecule has 0 unspecified atom stereocenters. The lowest BCUT2D eigenvalue weighted by Gasteiger charge is -2.12. The van der Waals surface area contributed by atoms with Crippen LogP contribution >= 0.6 is 0 Å². The van der Waals surface area contributed by atoms with Gasteiger partial charge in [-0.3, -0.25) is 4.79 Å². The summed E-state index contributed by atoms with van der Waals surface area (Å²) in [6, 6.07) is 8.49. The Hall–Kier alpha value is -1.81. The second kappa shape index (κ2) is 12.0. The quantitative estimate of drug-likeness (QED) is 0.858. The molecule has 0 atom stereocenters. The Kier molecular flexibility index (Phi) is 10.9. The molecule has 2 aromatic rings. The number of hydrogen-bond donors (Lipinski definition) is 1. The first-order valence-electron chi connectivity index (χ1n) is 7.42. The summed E-state index contributed by atoms with van der Waals surface area (Å²) >= 11 is 0. The number of para-hydroxylation sites is 1. The smallest absolute Gasteiger partial charge is 0.292 e. The van der Waals surface area contributed by atoms with Crippen LogP contribution in [0.25, 0.3) is 10.9 Å². The third-order valence-electron chi connectivity index (χ3n) is 3.07. The molecule has 4 nitrogen and oxygen atoms in total. The van der Waals surface area contributed by atoms with Crippen LogP contribution in [0.4, 0.5) is 0 Å². The van der Waals surface area contributed by atoms with E-state index in [0.717, 1.165) is 19.5 Å². The van der Waals surface area contributed by atoms with Gasteiger partial charge in [-0.1, -0.05) is 39.0 Å². The first kappa shape index (κ1) is 19.2. The number of carbonyl (C=O) groups is 1. The SMILES string of the molecule is CC.CCN(C)CCc1c[nH]c2ccccc12.COC=O. The van der Waals surface area contributed by atoms with Crippen LogP contribution in [0.15, 0.2) is 30.5 Å². The van der Waals surface area contributed by atoms with Gasteiger partial charge in [0.25, 0.3) is 6.47 Å². The molecule has 4 heteroatoms. The van der Waals surface area contributed by atoms with Crippen LogP contribution in [0.2, 0.25) is 0 Å². The fourth-order valence-electron chi connectivity index (χ4n) is 1.81. The van der Waals surface area contributed by atoms with Crippen molar-refractivity contribution in [2.45, 2.75) is 27.2 Å². The highest BCUT2D eigenvalue weighted by Crippen LogP contribution is 2.17. The first-order chi connectivity index (χ1) is 10.2. The second-order valence-corrected chi connectivity index (χ2v) is 4.34. The van der Waals surface area contributed by atoms with E-state index >= 15 is 0 Å². The summed E-state index contributed by atoms with van der Waals surface area (Å²) in [5.74, 6) is 0. The molecule has 0 spiro atoms. The number of nitrogens with one attached hydrogen (secondary N) is 1. The zero-order valence-electron chi connectivity index (χ0n) is 13.8. The molecular weight excluding hydrogens is 264 g/mol. The lowest BCUT2D eigenvalue weighted by molar-refractivity contribution is -0.126. The third kappa shape index (κ3) is 6.95. The van der Waals surface area contributed by atoms with Crippen molar-refractivity contribution in [3.8, 4) is 0 Å². The largest absolute Gasteiger partial charge is 0.471 e. The van der Waals surface area contributed by atoms with Gasteiger partial charge in [0, 0.05) is 23.6 Å². The van der Waals surface area contributed by atoms with Gasteiger partial charge in [-0.05, 0) is 31.6 Å². The minimum atomic E-state index is 0.375. The molecule has 0 saturated heterocycles. The van der Waals surface area contributed by atoms with Gasteiger partial charge < -0.3 is 14.6 Å². The number of H-pyrrole nitrogens is 1. The normalized spacial score (nSPS) is 9.43. The van der Waals surface area contributed by atoms with E-state index in [1.165, 1.54) is 23.6 Å². The highest BCUT2D eigenvalue weighted by Gasteiger charge is 2.03. The molecule has 0 aliphatic heterocycles. The summed E-state index contributed by atoms with van der Waals surface area (Å²) in [5.41, 5.74) is 2.66. The van der Waals surface area contributed by atoms with Crippen LogP contribution in [-0.2, 0) is 16.0 Å². The van der Waals surface area contributed by atoms with Crippen molar-refractivity contribution >= 4 is 17.4 Å². The molecule has 21 heavy (non-hydrogen) atoms. The predicted molar refractivity (Wildman–Crippen MR) is 89.6 cm³/mol. The standard InChI is InChI=1S/C13H18N2.C2H4O2.C2H6/c1-3-15(2)9-8-11-10-14-13-7-5-4-6-12(11)13;1-4-2-3;1-2/h4-7,10,14H,3,8-9H2,1-2H3;2H,1H3;1-2H3. The summed E-state index contributed by atoms with van der Waals surface area (Å²) < 4.78 is 3.86. The molecule has 2 rings (SSSR count). The third-order valence-corrected chi connectivity index (χ3v) is 3.07. The van der Waals surface area contributed by atoms with Crippen molar-refractivity contribution in [2.24, 2.45) is 0 Å². The van der Waals surface area contributed by atoms with E-state index in [0.29, 0.717) is 6.47 Å². The van der Waals surface area contributed by atoms with Gasteiger partial charge >= 0.3 is 0 Å². The predicted octanol–water partition coefficient (Wildman–Crippen LogP) is 3.48. The van der Waals surface area contributed by atoms with Gasteiger partial charge in [-0.15, -0.1) is 0 Å². The number of hydrogen-bond acceptors (Lipinski definition) is 3. The van der Waals surface area contributed by atoms with E-state index in [-0.39, 0.29) is 0 Å². The van der Waals surface area contributed by atoms with Gasteiger partial charge in [0.2, 0.25) is 0 Å². The van der Waals surface area contributed by atoms with Crippen LogP contribution in [0.3, 0.4) is 0 Å².